The van der Waals surface area contributed by atoms with Crippen LogP contribution >= 0.6 is 0 Å². The number of aromatic nitrogens is 1. The standard InChI is InChI=1S/C19H14FN3O/c20-18-15(7-4-10-22-18)11-16(12-21)19(24)23-17(14-8-9-14)13-5-2-1-3-6-13/h1-8,10-11,17H,9H2,(H,23,24)/b16-11+/t17-/m1/s1. The van der Waals surface area contributed by atoms with E-state index in [2.05, 4.69) is 10.3 Å². The second-order valence-corrected chi connectivity index (χ2v) is 5.35. The van der Waals surface area contributed by atoms with Crippen LogP contribution in [-0.4, -0.2) is 10.9 Å². The summed E-state index contributed by atoms with van der Waals surface area (Å²) in [5.41, 5.74) is 1.98. The van der Waals surface area contributed by atoms with Crippen molar-refractivity contribution in [1.82, 2.24) is 10.3 Å². The van der Waals surface area contributed by atoms with Gasteiger partial charge in [0.15, 0.2) is 0 Å². The van der Waals surface area contributed by atoms with Crippen molar-refractivity contribution in [3.05, 3.63) is 83.0 Å². The molecule has 1 atom stereocenters. The van der Waals surface area contributed by atoms with Crippen molar-refractivity contribution in [2.75, 3.05) is 0 Å². The third-order valence-corrected chi connectivity index (χ3v) is 3.67. The molecule has 24 heavy (non-hydrogen) atoms. The van der Waals surface area contributed by atoms with Crippen molar-refractivity contribution >= 4 is 12.0 Å². The molecule has 0 aliphatic heterocycles. The number of nitriles is 1. The highest BCUT2D eigenvalue weighted by Gasteiger charge is 2.25. The quantitative estimate of drug-likeness (QED) is 0.398. The Balaban J connectivity index is 1.83. The number of carbonyl (C=O) groups excluding carboxylic acids is 1. The van der Waals surface area contributed by atoms with Crippen LogP contribution in [0.3, 0.4) is 0 Å². The lowest BCUT2D eigenvalue weighted by atomic mass is 10.0. The molecule has 0 bridgehead atoms. The predicted octanol–water partition coefficient (Wildman–Crippen LogP) is 3.32. The van der Waals surface area contributed by atoms with Crippen LogP contribution in [0.25, 0.3) is 6.08 Å². The highest BCUT2D eigenvalue weighted by molar-refractivity contribution is 6.02. The first-order valence-corrected chi connectivity index (χ1v) is 7.46. The number of hydrogen-bond acceptors (Lipinski definition) is 3. The molecule has 0 unspecified atom stereocenters. The van der Waals surface area contributed by atoms with Crippen LogP contribution in [0.4, 0.5) is 4.39 Å². The molecule has 1 N–H and O–H groups in total. The van der Waals surface area contributed by atoms with Crippen LogP contribution in [0.15, 0.2) is 65.9 Å². The molecule has 5 heteroatoms. The van der Waals surface area contributed by atoms with Gasteiger partial charge in [0.25, 0.3) is 5.91 Å². The lowest BCUT2D eigenvalue weighted by molar-refractivity contribution is -0.117. The number of benzene rings is 1. The average molecular weight is 319 g/mol. The number of allylic oxidation sites excluding steroid dienone is 1. The molecular formula is C19H14FN3O. The number of nitrogens with zero attached hydrogens (tertiary/aromatic N) is 2. The molecule has 1 heterocycles. The zero-order valence-corrected chi connectivity index (χ0v) is 12.7. The number of nitrogens with one attached hydrogen (secondary N) is 1. The third kappa shape index (κ3) is 3.55. The zero-order valence-electron chi connectivity index (χ0n) is 12.7. The van der Waals surface area contributed by atoms with Gasteiger partial charge in [-0.1, -0.05) is 36.4 Å². The van der Waals surface area contributed by atoms with Crippen molar-refractivity contribution in [2.24, 2.45) is 0 Å². The van der Waals surface area contributed by atoms with Crippen molar-refractivity contribution in [1.29, 1.82) is 5.26 Å². The molecule has 1 amide bonds. The van der Waals surface area contributed by atoms with E-state index in [4.69, 9.17) is 0 Å². The summed E-state index contributed by atoms with van der Waals surface area (Å²) in [7, 11) is 0. The van der Waals surface area contributed by atoms with Crippen LogP contribution < -0.4 is 5.32 Å². The molecule has 0 saturated carbocycles. The summed E-state index contributed by atoms with van der Waals surface area (Å²) in [5.74, 6) is -1.26. The van der Waals surface area contributed by atoms with E-state index in [1.165, 1.54) is 18.3 Å². The SMILES string of the molecule is N#C/C(=C\c1cccnc1F)C(=O)N[C@@H](C1=CC1)c1ccccc1. The van der Waals surface area contributed by atoms with E-state index < -0.39 is 11.9 Å². The van der Waals surface area contributed by atoms with Gasteiger partial charge in [-0.25, -0.2) is 4.98 Å². The average Bonchev–Trinajstić information content (AvgIpc) is 3.44. The van der Waals surface area contributed by atoms with E-state index in [1.54, 1.807) is 6.07 Å². The second kappa shape index (κ2) is 6.88. The number of carbonyl (C=O) groups is 1. The van der Waals surface area contributed by atoms with Crippen molar-refractivity contribution in [3.8, 4) is 6.07 Å². The lowest BCUT2D eigenvalue weighted by Crippen LogP contribution is -2.29. The molecule has 1 aromatic carbocycles. The van der Waals surface area contributed by atoms with Gasteiger partial charge in [0, 0.05) is 11.8 Å². The van der Waals surface area contributed by atoms with Gasteiger partial charge >= 0.3 is 0 Å². The maximum absolute atomic E-state index is 13.6. The maximum atomic E-state index is 13.6. The van der Waals surface area contributed by atoms with Crippen LogP contribution in [0.5, 0.6) is 0 Å². The highest BCUT2D eigenvalue weighted by Crippen LogP contribution is 2.33. The minimum Gasteiger partial charge on any atom is -0.341 e. The van der Waals surface area contributed by atoms with Crippen molar-refractivity contribution in [2.45, 2.75) is 12.5 Å². The van der Waals surface area contributed by atoms with E-state index in [-0.39, 0.29) is 17.2 Å². The Hall–Kier alpha value is -3.26. The van der Waals surface area contributed by atoms with Gasteiger partial charge < -0.3 is 5.32 Å². The number of amides is 1. The van der Waals surface area contributed by atoms with Crippen LogP contribution in [0, 0.1) is 17.3 Å². The van der Waals surface area contributed by atoms with Gasteiger partial charge in [-0.3, -0.25) is 4.79 Å². The Morgan fingerprint density at radius 1 is 1.29 bits per heavy atom. The first-order valence-electron chi connectivity index (χ1n) is 7.46. The van der Waals surface area contributed by atoms with Gasteiger partial charge in [0.05, 0.1) is 6.04 Å². The Labute approximate surface area is 139 Å². The van der Waals surface area contributed by atoms with E-state index >= 15 is 0 Å². The molecule has 3 rings (SSSR count). The number of pyridine rings is 1. The molecule has 0 saturated heterocycles. The van der Waals surface area contributed by atoms with E-state index in [0.29, 0.717) is 0 Å². The van der Waals surface area contributed by atoms with Crippen molar-refractivity contribution in [3.63, 3.8) is 0 Å². The summed E-state index contributed by atoms with van der Waals surface area (Å²) in [6, 6.07) is 14.1. The fraction of sp³-hybridized carbons (Fsp3) is 0.105. The Morgan fingerprint density at radius 3 is 2.67 bits per heavy atom. The minimum atomic E-state index is -0.720. The van der Waals surface area contributed by atoms with Crippen LogP contribution in [0.1, 0.15) is 23.6 Å². The summed E-state index contributed by atoms with van der Waals surface area (Å²) in [6.45, 7) is 0. The topological polar surface area (TPSA) is 65.8 Å². The highest BCUT2D eigenvalue weighted by atomic mass is 19.1. The minimum absolute atomic E-state index is 0.103. The molecule has 1 aromatic heterocycles. The predicted molar refractivity (Wildman–Crippen MR) is 87.8 cm³/mol. The number of rotatable bonds is 5. The van der Waals surface area contributed by atoms with Gasteiger partial charge in [0.2, 0.25) is 5.95 Å². The summed E-state index contributed by atoms with van der Waals surface area (Å²) >= 11 is 0. The fourth-order valence-corrected chi connectivity index (χ4v) is 2.35. The molecule has 2 aromatic rings. The fourth-order valence-electron chi connectivity index (χ4n) is 2.35. The summed E-state index contributed by atoms with van der Waals surface area (Å²) in [4.78, 5) is 15.9. The normalized spacial score (nSPS) is 14.3. The Kier molecular flexibility index (Phi) is 4.48. The maximum Gasteiger partial charge on any atom is 0.262 e. The molecule has 4 nitrogen and oxygen atoms in total. The van der Waals surface area contributed by atoms with E-state index in [0.717, 1.165) is 17.6 Å². The smallest absolute Gasteiger partial charge is 0.262 e. The van der Waals surface area contributed by atoms with Crippen LogP contribution in [0.2, 0.25) is 0 Å². The number of halogens is 1. The lowest BCUT2D eigenvalue weighted by Gasteiger charge is -2.16. The molecule has 0 spiro atoms. The molecular weight excluding hydrogens is 305 g/mol. The Morgan fingerprint density at radius 2 is 2.04 bits per heavy atom. The first kappa shape index (κ1) is 15.6. The molecule has 0 radical (unpaired) electrons. The largest absolute Gasteiger partial charge is 0.341 e. The van der Waals surface area contributed by atoms with Gasteiger partial charge in [0.1, 0.15) is 11.6 Å². The molecule has 0 fully saturated rings. The molecule has 1 aliphatic carbocycles. The number of hydrogen-bond donors (Lipinski definition) is 1. The second-order valence-electron chi connectivity index (χ2n) is 5.35. The molecule has 118 valence electrons. The van der Waals surface area contributed by atoms with Crippen LogP contribution in [-0.2, 0) is 4.79 Å². The third-order valence-electron chi connectivity index (χ3n) is 3.67. The summed E-state index contributed by atoms with van der Waals surface area (Å²) in [5, 5.41) is 12.1. The van der Waals surface area contributed by atoms with Gasteiger partial charge in [-0.2, -0.15) is 9.65 Å². The summed E-state index contributed by atoms with van der Waals surface area (Å²) in [6.07, 6.45) is 5.38. The van der Waals surface area contributed by atoms with E-state index in [1.807, 2.05) is 42.5 Å². The van der Waals surface area contributed by atoms with Gasteiger partial charge in [-0.15, -0.1) is 0 Å². The van der Waals surface area contributed by atoms with E-state index in [9.17, 15) is 14.4 Å². The summed E-state index contributed by atoms with van der Waals surface area (Å²) < 4.78 is 13.6. The molecule has 1 aliphatic rings. The monoisotopic (exact) mass is 319 g/mol. The van der Waals surface area contributed by atoms with Gasteiger partial charge in [-0.05, 0) is 35.8 Å². The van der Waals surface area contributed by atoms with Crippen molar-refractivity contribution < 1.29 is 9.18 Å². The first-order chi connectivity index (χ1) is 11.7. The zero-order chi connectivity index (χ0) is 16.9. The Bertz CT molecular complexity index is 866.